The average Bonchev–Trinajstić information content (AvgIpc) is 3.30. The summed E-state index contributed by atoms with van der Waals surface area (Å²) >= 11 is 1.64. The standard InChI is InChI=1S/C18H20N4OS.HI/c1-2-19-18(21-12-16-9-6-10-23-16)20-11-15-13-24-17(22-15)14-7-4-3-5-8-14;/h3-10,13H,2,11-12H2,1H3,(H2,19,20,21);1H. The third-order valence-electron chi connectivity index (χ3n) is 3.33. The summed E-state index contributed by atoms with van der Waals surface area (Å²) in [6.07, 6.45) is 1.67. The molecule has 0 saturated carbocycles. The Morgan fingerprint density at radius 3 is 2.72 bits per heavy atom. The van der Waals surface area contributed by atoms with E-state index >= 15 is 0 Å². The highest BCUT2D eigenvalue weighted by atomic mass is 127. The van der Waals surface area contributed by atoms with E-state index in [-0.39, 0.29) is 24.0 Å². The summed E-state index contributed by atoms with van der Waals surface area (Å²) in [5.41, 5.74) is 2.11. The topological polar surface area (TPSA) is 62.5 Å². The van der Waals surface area contributed by atoms with Gasteiger partial charge in [0.2, 0.25) is 0 Å². The van der Waals surface area contributed by atoms with Crippen LogP contribution in [0.15, 0.2) is 63.5 Å². The van der Waals surface area contributed by atoms with Crippen molar-refractivity contribution in [2.24, 2.45) is 4.99 Å². The Labute approximate surface area is 168 Å². The maximum atomic E-state index is 5.32. The minimum Gasteiger partial charge on any atom is -0.467 e. The Kier molecular flexibility index (Phi) is 7.93. The van der Waals surface area contributed by atoms with E-state index in [0.717, 1.165) is 34.5 Å². The highest BCUT2D eigenvalue weighted by molar-refractivity contribution is 14.0. The zero-order valence-electron chi connectivity index (χ0n) is 13.9. The molecule has 5 nitrogen and oxygen atoms in total. The third kappa shape index (κ3) is 5.86. The van der Waals surface area contributed by atoms with E-state index in [9.17, 15) is 0 Å². The molecule has 0 radical (unpaired) electrons. The average molecular weight is 468 g/mol. The molecule has 25 heavy (non-hydrogen) atoms. The molecule has 3 rings (SSSR count). The molecular formula is C18H21IN4OS. The molecule has 3 aromatic rings. The maximum Gasteiger partial charge on any atom is 0.192 e. The number of benzene rings is 1. The fourth-order valence-corrected chi connectivity index (χ4v) is 3.00. The van der Waals surface area contributed by atoms with Crippen molar-refractivity contribution in [2.75, 3.05) is 6.54 Å². The predicted octanol–water partition coefficient (Wildman–Crippen LogP) is 4.28. The summed E-state index contributed by atoms with van der Waals surface area (Å²) in [4.78, 5) is 9.25. The Bertz CT molecular complexity index is 771. The molecule has 0 amide bonds. The van der Waals surface area contributed by atoms with E-state index in [1.807, 2.05) is 37.3 Å². The first kappa shape index (κ1) is 19.5. The zero-order chi connectivity index (χ0) is 16.6. The van der Waals surface area contributed by atoms with Crippen LogP contribution in [0.1, 0.15) is 18.4 Å². The van der Waals surface area contributed by atoms with Crippen molar-refractivity contribution in [2.45, 2.75) is 20.0 Å². The van der Waals surface area contributed by atoms with E-state index in [1.165, 1.54) is 0 Å². The largest absolute Gasteiger partial charge is 0.467 e. The van der Waals surface area contributed by atoms with Gasteiger partial charge in [-0.2, -0.15) is 0 Å². The van der Waals surface area contributed by atoms with Crippen LogP contribution in [0.5, 0.6) is 0 Å². The summed E-state index contributed by atoms with van der Waals surface area (Å²) in [7, 11) is 0. The van der Waals surface area contributed by atoms with Gasteiger partial charge in [0.25, 0.3) is 0 Å². The van der Waals surface area contributed by atoms with E-state index in [0.29, 0.717) is 13.1 Å². The normalized spacial score (nSPS) is 11.0. The number of furan rings is 1. The van der Waals surface area contributed by atoms with Gasteiger partial charge in [-0.25, -0.2) is 9.98 Å². The lowest BCUT2D eigenvalue weighted by atomic mass is 10.2. The van der Waals surface area contributed by atoms with Crippen molar-refractivity contribution < 1.29 is 4.42 Å². The summed E-state index contributed by atoms with van der Waals surface area (Å²) < 4.78 is 5.32. The summed E-state index contributed by atoms with van der Waals surface area (Å²) in [5, 5.41) is 9.56. The molecule has 0 unspecified atom stereocenters. The quantitative estimate of drug-likeness (QED) is 0.322. The van der Waals surface area contributed by atoms with Gasteiger partial charge in [-0.1, -0.05) is 30.3 Å². The predicted molar refractivity (Wildman–Crippen MR) is 113 cm³/mol. The van der Waals surface area contributed by atoms with E-state index < -0.39 is 0 Å². The number of hydrogen-bond acceptors (Lipinski definition) is 4. The molecule has 0 aliphatic rings. The first-order chi connectivity index (χ1) is 11.8. The summed E-state index contributed by atoms with van der Waals surface area (Å²) in [5.74, 6) is 1.63. The monoisotopic (exact) mass is 468 g/mol. The van der Waals surface area contributed by atoms with Gasteiger partial charge in [-0.05, 0) is 19.1 Å². The van der Waals surface area contributed by atoms with Crippen molar-refractivity contribution in [3.63, 3.8) is 0 Å². The van der Waals surface area contributed by atoms with Gasteiger partial charge in [-0.15, -0.1) is 35.3 Å². The number of guanidine groups is 1. The first-order valence-electron chi connectivity index (χ1n) is 7.89. The van der Waals surface area contributed by atoms with E-state index in [2.05, 4.69) is 38.1 Å². The number of aromatic nitrogens is 1. The lowest BCUT2D eigenvalue weighted by molar-refractivity contribution is 0.501. The number of hydrogen-bond donors (Lipinski definition) is 2. The van der Waals surface area contributed by atoms with Gasteiger partial charge in [0.05, 0.1) is 25.0 Å². The maximum absolute atomic E-state index is 5.32. The Morgan fingerprint density at radius 2 is 2.00 bits per heavy atom. The second-order valence-corrected chi connectivity index (χ2v) is 6.00. The molecule has 0 saturated heterocycles. The number of halogens is 1. The van der Waals surface area contributed by atoms with Crippen molar-refractivity contribution in [1.29, 1.82) is 0 Å². The molecule has 0 aliphatic carbocycles. The lowest BCUT2D eigenvalue weighted by Gasteiger charge is -2.09. The molecule has 0 spiro atoms. The van der Waals surface area contributed by atoms with Crippen molar-refractivity contribution in [3.05, 3.63) is 65.6 Å². The van der Waals surface area contributed by atoms with Crippen LogP contribution in [-0.2, 0) is 13.1 Å². The molecule has 7 heteroatoms. The van der Waals surface area contributed by atoms with Gasteiger partial charge in [0.15, 0.2) is 5.96 Å². The van der Waals surface area contributed by atoms with Crippen LogP contribution in [-0.4, -0.2) is 17.5 Å². The SMILES string of the molecule is CCNC(=NCc1csc(-c2ccccc2)n1)NCc1ccco1.I. The fourth-order valence-electron chi connectivity index (χ4n) is 2.18. The number of rotatable bonds is 6. The van der Waals surface area contributed by atoms with Gasteiger partial charge in [0.1, 0.15) is 10.8 Å². The smallest absolute Gasteiger partial charge is 0.192 e. The Morgan fingerprint density at radius 1 is 1.16 bits per heavy atom. The number of nitrogens with one attached hydrogen (secondary N) is 2. The minimum atomic E-state index is 0. The summed E-state index contributed by atoms with van der Waals surface area (Å²) in [6, 6.07) is 14.0. The lowest BCUT2D eigenvalue weighted by Crippen LogP contribution is -2.36. The minimum absolute atomic E-state index is 0. The second kappa shape index (κ2) is 10.2. The van der Waals surface area contributed by atoms with Gasteiger partial charge >= 0.3 is 0 Å². The molecule has 2 heterocycles. The Balaban J connectivity index is 0.00000225. The first-order valence-corrected chi connectivity index (χ1v) is 8.77. The molecule has 2 N–H and O–H groups in total. The van der Waals surface area contributed by atoms with Gasteiger partial charge < -0.3 is 15.1 Å². The summed E-state index contributed by atoms with van der Waals surface area (Å²) in [6.45, 7) is 3.98. The zero-order valence-corrected chi connectivity index (χ0v) is 17.1. The second-order valence-electron chi connectivity index (χ2n) is 5.14. The van der Waals surface area contributed by atoms with Crippen molar-refractivity contribution in [3.8, 4) is 10.6 Å². The van der Waals surface area contributed by atoms with Crippen LogP contribution in [0, 0.1) is 0 Å². The molecule has 1 aromatic carbocycles. The Hall–Kier alpha value is -1.87. The fraction of sp³-hybridized carbons (Fsp3) is 0.222. The van der Waals surface area contributed by atoms with Crippen LogP contribution < -0.4 is 10.6 Å². The van der Waals surface area contributed by atoms with Crippen molar-refractivity contribution >= 4 is 41.3 Å². The van der Waals surface area contributed by atoms with Crippen LogP contribution in [0.25, 0.3) is 10.6 Å². The van der Waals surface area contributed by atoms with E-state index in [1.54, 1.807) is 17.6 Å². The number of aliphatic imine (C=N–C) groups is 1. The highest BCUT2D eigenvalue weighted by Gasteiger charge is 2.05. The van der Waals surface area contributed by atoms with Gasteiger partial charge in [-0.3, -0.25) is 0 Å². The molecule has 0 bridgehead atoms. The van der Waals surface area contributed by atoms with Crippen LogP contribution in [0.3, 0.4) is 0 Å². The van der Waals surface area contributed by atoms with Crippen LogP contribution in [0.4, 0.5) is 0 Å². The highest BCUT2D eigenvalue weighted by Crippen LogP contribution is 2.23. The number of thiazole rings is 1. The molecule has 0 fully saturated rings. The van der Waals surface area contributed by atoms with Crippen molar-refractivity contribution in [1.82, 2.24) is 15.6 Å². The van der Waals surface area contributed by atoms with Crippen LogP contribution >= 0.6 is 35.3 Å². The van der Waals surface area contributed by atoms with E-state index in [4.69, 9.17) is 4.42 Å². The van der Waals surface area contributed by atoms with Crippen LogP contribution in [0.2, 0.25) is 0 Å². The molecular weight excluding hydrogens is 447 g/mol. The molecule has 2 aromatic heterocycles. The third-order valence-corrected chi connectivity index (χ3v) is 4.27. The number of nitrogens with zero attached hydrogens (tertiary/aromatic N) is 2. The van der Waals surface area contributed by atoms with Gasteiger partial charge in [0, 0.05) is 17.5 Å². The molecule has 132 valence electrons. The molecule has 0 atom stereocenters. The molecule has 0 aliphatic heterocycles.